The molecule has 0 saturated carbocycles. The van der Waals surface area contributed by atoms with Crippen molar-refractivity contribution in [3.8, 4) is 5.75 Å². The lowest BCUT2D eigenvalue weighted by Gasteiger charge is -2.42. The number of fused-ring (bicyclic) bond motifs is 5. The third-order valence-corrected chi connectivity index (χ3v) is 9.38. The van der Waals surface area contributed by atoms with E-state index in [0.29, 0.717) is 17.9 Å². The first-order valence-electron chi connectivity index (χ1n) is 14.9. The molecule has 2 amide bonds. The molecule has 3 N–H and O–H groups in total. The van der Waals surface area contributed by atoms with E-state index in [0.717, 1.165) is 11.1 Å². The summed E-state index contributed by atoms with van der Waals surface area (Å²) in [6.07, 6.45) is 1.52. The Balaban J connectivity index is 1.80. The first-order valence-corrected chi connectivity index (χ1v) is 15.3. The molecule has 45 heavy (non-hydrogen) atoms. The summed E-state index contributed by atoms with van der Waals surface area (Å²) < 4.78 is 28.8. The maximum absolute atomic E-state index is 13.8. The predicted molar refractivity (Wildman–Crippen MR) is 167 cm³/mol. The largest absolute Gasteiger partial charge is 0.495 e. The Morgan fingerprint density at radius 3 is 2.64 bits per heavy atom. The van der Waals surface area contributed by atoms with Crippen molar-refractivity contribution in [2.24, 2.45) is 5.92 Å². The Morgan fingerprint density at radius 2 is 2.00 bits per heavy atom. The number of ether oxygens (including phenoxy) is 5. The molecule has 0 aliphatic carbocycles. The number of carbonyl (C=O) groups excluding carboxylic acids is 3. The molecule has 13 heteroatoms. The highest BCUT2D eigenvalue weighted by Crippen LogP contribution is 2.49. The zero-order valence-electron chi connectivity index (χ0n) is 27.0. The molecule has 4 bridgehead atoms. The average molecular weight is 650 g/mol. The Kier molecular flexibility index (Phi) is 10.6. The molecule has 3 aliphatic rings. The molecule has 8 atom stereocenters. The van der Waals surface area contributed by atoms with Crippen molar-refractivity contribution in [2.75, 3.05) is 33.2 Å². The van der Waals surface area contributed by atoms with Gasteiger partial charge >= 0.3 is 12.1 Å². The van der Waals surface area contributed by atoms with E-state index in [4.69, 9.17) is 35.3 Å². The molecule has 2 fully saturated rings. The fraction of sp³-hybridized carbons (Fsp3) is 0.594. The van der Waals surface area contributed by atoms with Gasteiger partial charge in [-0.2, -0.15) is 0 Å². The number of allylic oxidation sites excluding steroid dienone is 3. The number of nitrogens with one attached hydrogen (secondary N) is 2. The summed E-state index contributed by atoms with van der Waals surface area (Å²) in [5.74, 6) is -0.974. The van der Waals surface area contributed by atoms with Crippen LogP contribution in [0.1, 0.15) is 46.1 Å². The number of amides is 2. The molecule has 248 valence electrons. The van der Waals surface area contributed by atoms with Crippen LogP contribution < -0.4 is 20.3 Å². The lowest BCUT2D eigenvalue weighted by Crippen LogP contribution is -2.63. The number of hydrogen-bond donors (Lipinski definition) is 3. The number of aliphatic hydroxyl groups is 1. The third-order valence-electron chi connectivity index (χ3n) is 9.00. The molecule has 4 rings (SSSR count). The van der Waals surface area contributed by atoms with E-state index in [1.165, 1.54) is 19.1 Å². The Morgan fingerprint density at radius 1 is 1.29 bits per heavy atom. The highest BCUT2D eigenvalue weighted by Gasteiger charge is 2.64. The van der Waals surface area contributed by atoms with Gasteiger partial charge in [-0.05, 0) is 51.9 Å². The van der Waals surface area contributed by atoms with Crippen LogP contribution in [0.3, 0.4) is 0 Å². The number of hydrogen-bond acceptors (Lipinski definition) is 10. The van der Waals surface area contributed by atoms with E-state index >= 15 is 0 Å². The molecule has 3 heterocycles. The summed E-state index contributed by atoms with van der Waals surface area (Å²) in [4.78, 5) is 40.9. The minimum atomic E-state index is -1.78. The summed E-state index contributed by atoms with van der Waals surface area (Å²) in [6.45, 7) is 7.17. The highest BCUT2D eigenvalue weighted by molar-refractivity contribution is 6.35. The smallest absolute Gasteiger partial charge is 0.409 e. The van der Waals surface area contributed by atoms with Crippen molar-refractivity contribution in [2.45, 2.75) is 88.7 Å². The molecule has 12 nitrogen and oxygen atoms in total. The van der Waals surface area contributed by atoms with Gasteiger partial charge < -0.3 is 39.0 Å². The minimum absolute atomic E-state index is 0.00553. The number of likely N-dealkylation sites (N-methyl/N-ethyl adjacent to an activating group) is 1. The normalized spacial score (nSPS) is 32.9. The van der Waals surface area contributed by atoms with Crippen LogP contribution in [0.15, 0.2) is 35.9 Å². The number of benzene rings is 1. The standard InChI is InChI=1S/C32H44ClN3O9/c1-17-10-9-11-24(42-8)32(40)16-23(43-30(39)35-32)18(2)28-31(4,45-28)25(44-29(38)19(3)34-5)15-26(37)36(6)21-13-20(12-17)14-22(41-7)27(21)33/h9-11,13-14,18-19,23-25,28,34,40H,12,15-16H2,1-8H3,(H,35,39)/t18-,19+,23+,24-,25+,28+,31+,32+/m1/s1. The van der Waals surface area contributed by atoms with Crippen LogP contribution >= 0.6 is 11.6 Å². The molecule has 0 spiro atoms. The molecule has 2 saturated heterocycles. The van der Waals surface area contributed by atoms with Crippen LogP contribution in [0.2, 0.25) is 5.02 Å². The average Bonchev–Trinajstić information content (AvgIpc) is 3.69. The molecule has 1 aromatic rings. The maximum atomic E-state index is 13.8. The fourth-order valence-electron chi connectivity index (χ4n) is 5.97. The molecular formula is C32H44ClN3O9. The van der Waals surface area contributed by atoms with Crippen molar-refractivity contribution < 1.29 is 43.2 Å². The molecule has 0 unspecified atom stereocenters. The van der Waals surface area contributed by atoms with Crippen molar-refractivity contribution in [3.05, 3.63) is 46.5 Å². The number of methoxy groups -OCH3 is 2. The summed E-state index contributed by atoms with van der Waals surface area (Å²) in [5.41, 5.74) is -0.646. The summed E-state index contributed by atoms with van der Waals surface area (Å²) in [6, 6.07) is 2.99. The van der Waals surface area contributed by atoms with Crippen molar-refractivity contribution in [1.29, 1.82) is 0 Å². The number of alkyl carbamates (subject to hydrolysis) is 1. The van der Waals surface area contributed by atoms with E-state index in [1.54, 1.807) is 46.2 Å². The summed E-state index contributed by atoms with van der Waals surface area (Å²) in [7, 11) is 6.18. The molecule has 0 radical (unpaired) electrons. The number of esters is 1. The van der Waals surface area contributed by atoms with Gasteiger partial charge in [0.05, 0.1) is 25.3 Å². The van der Waals surface area contributed by atoms with Gasteiger partial charge in [0.15, 0.2) is 5.72 Å². The van der Waals surface area contributed by atoms with E-state index < -0.39 is 59.8 Å². The number of rotatable bonds is 5. The molecule has 0 aromatic heterocycles. The number of halogens is 1. The van der Waals surface area contributed by atoms with Gasteiger partial charge in [-0.15, -0.1) is 0 Å². The van der Waals surface area contributed by atoms with Crippen LogP contribution in [0.5, 0.6) is 5.75 Å². The van der Waals surface area contributed by atoms with Crippen molar-refractivity contribution in [1.82, 2.24) is 10.6 Å². The number of carbonyl (C=O) groups is 3. The third kappa shape index (κ3) is 7.30. The number of epoxide rings is 1. The summed E-state index contributed by atoms with van der Waals surface area (Å²) >= 11 is 6.69. The SMILES string of the molecule is CN[C@@H](C)C(=O)O[C@H]1CC(=O)N(C)c2cc(cc(OC)c2Cl)CC(C)=CC=C[C@@H](OC)[C@@]2(O)C[C@H](OC(=O)N2)[C@@H](C)[C@@H]2O[C@@]12C. The van der Waals surface area contributed by atoms with Crippen LogP contribution in [0, 0.1) is 5.92 Å². The first kappa shape index (κ1) is 34.7. The van der Waals surface area contributed by atoms with E-state index in [2.05, 4.69) is 10.6 Å². The Hall–Kier alpha value is -3.16. The van der Waals surface area contributed by atoms with Crippen LogP contribution in [-0.2, 0) is 35.0 Å². The van der Waals surface area contributed by atoms with Crippen LogP contribution in [0.25, 0.3) is 0 Å². The van der Waals surface area contributed by atoms with Gasteiger partial charge in [0.1, 0.15) is 40.7 Å². The quantitative estimate of drug-likeness (QED) is 0.321. The summed E-state index contributed by atoms with van der Waals surface area (Å²) in [5, 5.41) is 17.2. The van der Waals surface area contributed by atoms with Gasteiger partial charge in [0.2, 0.25) is 5.91 Å². The van der Waals surface area contributed by atoms with Gasteiger partial charge in [0.25, 0.3) is 0 Å². The zero-order chi connectivity index (χ0) is 33.3. The van der Waals surface area contributed by atoms with Gasteiger partial charge in [0, 0.05) is 26.5 Å². The molecule has 3 aliphatic heterocycles. The minimum Gasteiger partial charge on any atom is -0.495 e. The fourth-order valence-corrected chi connectivity index (χ4v) is 6.28. The molecule has 1 aromatic carbocycles. The van der Waals surface area contributed by atoms with E-state index in [1.807, 2.05) is 26.0 Å². The lowest BCUT2D eigenvalue weighted by atomic mass is 9.83. The monoisotopic (exact) mass is 649 g/mol. The van der Waals surface area contributed by atoms with Crippen LogP contribution in [-0.4, -0.2) is 93.2 Å². The van der Waals surface area contributed by atoms with E-state index in [9.17, 15) is 19.5 Å². The first-order chi connectivity index (χ1) is 21.2. The predicted octanol–water partition coefficient (Wildman–Crippen LogP) is 3.28. The zero-order valence-corrected chi connectivity index (χ0v) is 27.8. The van der Waals surface area contributed by atoms with Gasteiger partial charge in [-0.25, -0.2) is 4.79 Å². The lowest BCUT2D eigenvalue weighted by molar-refractivity contribution is -0.155. The van der Waals surface area contributed by atoms with Crippen molar-refractivity contribution >= 4 is 35.3 Å². The van der Waals surface area contributed by atoms with E-state index in [-0.39, 0.29) is 23.8 Å². The second-order valence-corrected chi connectivity index (χ2v) is 12.6. The number of nitrogens with zero attached hydrogens (tertiary/aromatic N) is 1. The topological polar surface area (TPSA) is 148 Å². The maximum Gasteiger partial charge on any atom is 0.409 e. The Labute approximate surface area is 269 Å². The Bertz CT molecular complexity index is 1370. The molecular weight excluding hydrogens is 606 g/mol. The van der Waals surface area contributed by atoms with Gasteiger partial charge in [-0.3, -0.25) is 14.9 Å². The second kappa shape index (κ2) is 13.7. The van der Waals surface area contributed by atoms with Gasteiger partial charge in [-0.1, -0.05) is 42.3 Å². The second-order valence-electron chi connectivity index (χ2n) is 12.2. The highest BCUT2D eigenvalue weighted by atomic mass is 35.5. The van der Waals surface area contributed by atoms with Crippen molar-refractivity contribution in [3.63, 3.8) is 0 Å². The number of anilines is 1. The van der Waals surface area contributed by atoms with Crippen LogP contribution in [0.4, 0.5) is 10.5 Å².